The highest BCUT2D eigenvalue weighted by atomic mass is 31.2. The second-order valence-corrected chi connectivity index (χ2v) is 14.5. The van der Waals surface area contributed by atoms with Gasteiger partial charge in [-0.15, -0.1) is 0 Å². The van der Waals surface area contributed by atoms with Gasteiger partial charge in [0.05, 0.1) is 16.8 Å². The maximum atomic E-state index is 14.2. The van der Waals surface area contributed by atoms with Crippen LogP contribution in [0.1, 0.15) is 20.7 Å². The predicted molar refractivity (Wildman–Crippen MR) is 170 cm³/mol. The van der Waals surface area contributed by atoms with E-state index in [0.29, 0.717) is 17.4 Å². The summed E-state index contributed by atoms with van der Waals surface area (Å²) >= 11 is 0. The third kappa shape index (κ3) is 5.40. The van der Waals surface area contributed by atoms with Crippen LogP contribution in [0.5, 0.6) is 5.75 Å². The Labute approximate surface area is 279 Å². The van der Waals surface area contributed by atoms with Gasteiger partial charge >= 0.3 is 24.1 Å². The van der Waals surface area contributed by atoms with Gasteiger partial charge in [-0.2, -0.15) is 39.5 Å². The van der Waals surface area contributed by atoms with Gasteiger partial charge in [-0.05, 0) is 66.7 Å². The van der Waals surface area contributed by atoms with Crippen molar-refractivity contribution in [2.75, 3.05) is 4.90 Å². The van der Waals surface area contributed by atoms with Gasteiger partial charge in [0.1, 0.15) is 34.2 Å². The SMILES string of the molecule is O=C1c2ccc(OC(F)(F)C(F)(F)C(F)(F)C(F)(F)F)cc2C(=O)N1c1cccc([P+](c2ccccc2)(c2ccccc2)c2ccccc2)c1. The summed E-state index contributed by atoms with van der Waals surface area (Å²) in [7, 11) is -2.72. The van der Waals surface area contributed by atoms with E-state index >= 15 is 0 Å². The third-order valence-corrected chi connectivity index (χ3v) is 12.4. The quantitative estimate of drug-likeness (QED) is 0.0885. The zero-order valence-electron chi connectivity index (χ0n) is 25.2. The summed E-state index contributed by atoms with van der Waals surface area (Å²) in [5.74, 6) is -17.6. The van der Waals surface area contributed by atoms with Crippen LogP contribution in [-0.2, 0) is 0 Å². The fraction of sp³-hybridized carbons (Fsp3) is 0.111. The molecule has 5 aromatic carbocycles. The number of carbonyl (C=O) groups excluding carboxylic acids is 2. The van der Waals surface area contributed by atoms with E-state index in [1.165, 1.54) is 6.07 Å². The van der Waals surface area contributed by atoms with Crippen molar-refractivity contribution in [2.24, 2.45) is 0 Å². The molecule has 5 aromatic rings. The van der Waals surface area contributed by atoms with E-state index in [-0.39, 0.29) is 11.3 Å². The van der Waals surface area contributed by atoms with Crippen LogP contribution in [0.2, 0.25) is 0 Å². The molecular weight excluding hydrogens is 696 g/mol. The summed E-state index contributed by atoms with van der Waals surface area (Å²) < 4.78 is 124. The molecule has 0 aliphatic carbocycles. The highest BCUT2D eigenvalue weighted by molar-refractivity contribution is 8.01. The Morgan fingerprint density at radius 3 is 1.42 bits per heavy atom. The molecule has 0 aromatic heterocycles. The van der Waals surface area contributed by atoms with Gasteiger partial charge in [0, 0.05) is 6.07 Å². The molecule has 0 unspecified atom stereocenters. The van der Waals surface area contributed by atoms with Crippen LogP contribution >= 0.6 is 7.26 Å². The van der Waals surface area contributed by atoms with Crippen molar-refractivity contribution < 1.29 is 53.8 Å². The number of fused-ring (bicyclic) bond motifs is 1. The molecule has 4 nitrogen and oxygen atoms in total. The van der Waals surface area contributed by atoms with Crippen LogP contribution in [0, 0.1) is 0 Å². The van der Waals surface area contributed by atoms with Crippen molar-refractivity contribution >= 4 is 46.0 Å². The van der Waals surface area contributed by atoms with Crippen molar-refractivity contribution in [2.45, 2.75) is 24.1 Å². The lowest BCUT2D eigenvalue weighted by atomic mass is 10.1. The Kier molecular flexibility index (Phi) is 8.54. The molecule has 1 aliphatic heterocycles. The molecule has 14 heteroatoms. The number of imide groups is 1. The lowest BCUT2D eigenvalue weighted by Gasteiger charge is -2.33. The molecule has 50 heavy (non-hydrogen) atoms. The molecule has 0 fully saturated rings. The van der Waals surface area contributed by atoms with Crippen LogP contribution in [-0.4, -0.2) is 35.9 Å². The number of alkyl halides is 9. The number of ether oxygens (including phenoxy) is 1. The maximum Gasteiger partial charge on any atom is 0.471 e. The minimum absolute atomic E-state index is 0.0602. The summed E-state index contributed by atoms with van der Waals surface area (Å²) in [5.41, 5.74) is -0.946. The molecule has 2 amide bonds. The predicted octanol–water partition coefficient (Wildman–Crippen LogP) is 7.91. The molecule has 0 bridgehead atoms. The van der Waals surface area contributed by atoms with E-state index in [2.05, 4.69) is 4.74 Å². The number of hydrogen-bond acceptors (Lipinski definition) is 3. The first-order valence-corrected chi connectivity index (χ1v) is 16.4. The van der Waals surface area contributed by atoms with Crippen molar-refractivity contribution in [3.63, 3.8) is 0 Å². The monoisotopic (exact) mass is 718 g/mol. The summed E-state index contributed by atoms with van der Waals surface area (Å²) in [4.78, 5) is 27.9. The molecule has 0 N–H and O–H groups in total. The summed E-state index contributed by atoms with van der Waals surface area (Å²) in [5, 5.41) is 3.53. The highest BCUT2D eigenvalue weighted by Gasteiger charge is 2.83. The zero-order chi connectivity index (χ0) is 36.1. The first-order valence-electron chi connectivity index (χ1n) is 14.6. The fourth-order valence-corrected chi connectivity index (χ4v) is 10.1. The van der Waals surface area contributed by atoms with Gasteiger partial charge < -0.3 is 4.74 Å². The van der Waals surface area contributed by atoms with Gasteiger partial charge in [0.25, 0.3) is 11.8 Å². The molecule has 0 saturated heterocycles. The van der Waals surface area contributed by atoms with E-state index in [4.69, 9.17) is 0 Å². The molecule has 0 spiro atoms. The lowest BCUT2D eigenvalue weighted by molar-refractivity contribution is -0.428. The molecule has 256 valence electrons. The van der Waals surface area contributed by atoms with Gasteiger partial charge in [-0.3, -0.25) is 9.59 Å². The van der Waals surface area contributed by atoms with Crippen LogP contribution in [0.25, 0.3) is 0 Å². The summed E-state index contributed by atoms with van der Waals surface area (Å²) in [6.07, 6.45) is -13.4. The van der Waals surface area contributed by atoms with Crippen molar-refractivity contribution in [3.8, 4) is 5.75 Å². The maximum absolute atomic E-state index is 14.2. The highest BCUT2D eigenvalue weighted by Crippen LogP contribution is 2.55. The van der Waals surface area contributed by atoms with E-state index in [1.54, 1.807) is 12.1 Å². The first kappa shape index (κ1) is 34.7. The number of halogens is 9. The van der Waals surface area contributed by atoms with Crippen LogP contribution in [0.3, 0.4) is 0 Å². The fourth-order valence-electron chi connectivity index (χ4n) is 5.78. The Balaban J connectivity index is 1.42. The van der Waals surface area contributed by atoms with Crippen molar-refractivity contribution in [1.82, 2.24) is 0 Å². The van der Waals surface area contributed by atoms with Gasteiger partial charge in [-0.25, -0.2) is 4.90 Å². The lowest BCUT2D eigenvalue weighted by Crippen LogP contribution is -2.62. The normalized spacial score (nSPS) is 14.1. The van der Waals surface area contributed by atoms with Crippen molar-refractivity contribution in [1.29, 1.82) is 0 Å². The number of carbonyl (C=O) groups is 2. The van der Waals surface area contributed by atoms with E-state index in [0.717, 1.165) is 26.9 Å². The van der Waals surface area contributed by atoms with Gasteiger partial charge in [-0.1, -0.05) is 60.7 Å². The summed E-state index contributed by atoms with van der Waals surface area (Å²) in [6.45, 7) is 0. The minimum Gasteiger partial charge on any atom is -0.428 e. The van der Waals surface area contributed by atoms with Gasteiger partial charge in [0.15, 0.2) is 0 Å². The number of amides is 2. The van der Waals surface area contributed by atoms with Gasteiger partial charge in [0.2, 0.25) is 0 Å². The van der Waals surface area contributed by atoms with Crippen LogP contribution in [0.4, 0.5) is 45.2 Å². The Hall–Kier alpha value is -5.16. The second kappa shape index (κ2) is 12.3. The van der Waals surface area contributed by atoms with E-state index in [9.17, 15) is 49.1 Å². The largest absolute Gasteiger partial charge is 0.471 e. The van der Waals surface area contributed by atoms with E-state index < -0.39 is 54.5 Å². The van der Waals surface area contributed by atoms with Crippen LogP contribution < -0.4 is 30.9 Å². The minimum atomic E-state index is -7.18. The average Bonchev–Trinajstić information content (AvgIpc) is 3.34. The zero-order valence-corrected chi connectivity index (χ0v) is 26.1. The number of anilines is 1. The summed E-state index contributed by atoms with van der Waals surface area (Å²) in [6, 6.07) is 36.9. The smallest absolute Gasteiger partial charge is 0.428 e. The molecule has 0 radical (unpaired) electrons. The molecule has 1 aliphatic rings. The Morgan fingerprint density at radius 2 is 0.940 bits per heavy atom. The topological polar surface area (TPSA) is 46.6 Å². The first-order chi connectivity index (χ1) is 23.5. The van der Waals surface area contributed by atoms with E-state index in [1.807, 2.05) is 97.1 Å². The Bertz CT molecular complexity index is 1960. The number of benzene rings is 5. The average molecular weight is 719 g/mol. The molecule has 0 atom stereocenters. The molecular formula is C36H22F9NO3P+. The number of hydrogen-bond donors (Lipinski definition) is 0. The third-order valence-electron chi connectivity index (χ3n) is 8.13. The molecule has 6 rings (SSSR count). The molecule has 0 saturated carbocycles. The Morgan fingerprint density at radius 1 is 0.480 bits per heavy atom. The number of nitrogens with zero attached hydrogens (tertiary/aromatic N) is 1. The number of rotatable bonds is 9. The second-order valence-electron chi connectivity index (χ2n) is 11.1. The standard InChI is InChI=1S/C36H22F9NO3P/c37-33(38,35(41,42)43)34(39,40)36(44,45)49-24-19-20-29-30(22-24)32(48)46(31(29)47)23-11-10-18-28(21-23)50(25-12-4-1-5-13-25,26-14-6-2-7-15-26)27-16-8-3-9-17-27/h1-22H/q+1. The molecule has 1 heterocycles. The van der Waals surface area contributed by atoms with Crippen molar-refractivity contribution in [3.05, 3.63) is 145 Å². The van der Waals surface area contributed by atoms with Crippen LogP contribution in [0.15, 0.2) is 133 Å².